The first-order chi connectivity index (χ1) is 10.1. The Morgan fingerprint density at radius 1 is 1.29 bits per heavy atom. The molecule has 0 radical (unpaired) electrons. The van der Waals surface area contributed by atoms with Crippen LogP contribution in [0.3, 0.4) is 0 Å². The van der Waals surface area contributed by atoms with Gasteiger partial charge in [0.05, 0.1) is 13.1 Å². The van der Waals surface area contributed by atoms with E-state index in [1.807, 2.05) is 0 Å². The molecular weight excluding hydrogens is 266 g/mol. The minimum Gasteiger partial charge on any atom is -0.355 e. The molecule has 1 aromatic carbocycles. The minimum atomic E-state index is -0.151. The maximum atomic E-state index is 12.1. The molecule has 1 aliphatic heterocycles. The molecule has 1 heterocycles. The number of anilines is 1. The summed E-state index contributed by atoms with van der Waals surface area (Å²) in [6.07, 6.45) is 2.38. The first kappa shape index (κ1) is 15.5. The van der Waals surface area contributed by atoms with E-state index in [9.17, 15) is 9.59 Å². The van der Waals surface area contributed by atoms with E-state index in [1.54, 1.807) is 31.3 Å². The lowest BCUT2D eigenvalue weighted by molar-refractivity contribution is -0.897. The smallest absolute Gasteiger partial charge is 0.279 e. The summed E-state index contributed by atoms with van der Waals surface area (Å²) in [6, 6.07) is 7.00. The quantitative estimate of drug-likeness (QED) is 0.747. The highest BCUT2D eigenvalue weighted by molar-refractivity contribution is 5.97. The van der Waals surface area contributed by atoms with Crippen LogP contribution < -0.4 is 15.5 Å². The highest BCUT2D eigenvalue weighted by atomic mass is 16.2. The third kappa shape index (κ3) is 4.56. The van der Waals surface area contributed by atoms with Gasteiger partial charge in [0.2, 0.25) is 0 Å². The van der Waals surface area contributed by atoms with Gasteiger partial charge in [0.25, 0.3) is 11.8 Å². The van der Waals surface area contributed by atoms with Crippen LogP contribution in [0.15, 0.2) is 24.3 Å². The molecule has 2 amide bonds. The van der Waals surface area contributed by atoms with Gasteiger partial charge < -0.3 is 15.5 Å². The molecule has 1 fully saturated rings. The van der Waals surface area contributed by atoms with Crippen molar-refractivity contribution in [2.24, 2.45) is 5.92 Å². The Hall–Kier alpha value is -1.88. The Bertz CT molecular complexity index is 508. The van der Waals surface area contributed by atoms with Gasteiger partial charge in [-0.1, -0.05) is 13.0 Å². The number of carbonyl (C=O) groups is 2. The van der Waals surface area contributed by atoms with E-state index < -0.39 is 0 Å². The lowest BCUT2D eigenvalue weighted by Crippen LogP contribution is -3.14. The van der Waals surface area contributed by atoms with E-state index in [0.717, 1.165) is 19.0 Å². The normalized spacial score (nSPS) is 21.6. The van der Waals surface area contributed by atoms with Crippen molar-refractivity contribution in [1.29, 1.82) is 0 Å². The second kappa shape index (κ2) is 7.22. The van der Waals surface area contributed by atoms with E-state index in [4.69, 9.17) is 0 Å². The van der Waals surface area contributed by atoms with Gasteiger partial charge in [-0.25, -0.2) is 0 Å². The number of rotatable bonds is 4. The van der Waals surface area contributed by atoms with Crippen LogP contribution in [0.25, 0.3) is 0 Å². The summed E-state index contributed by atoms with van der Waals surface area (Å²) in [4.78, 5) is 25.0. The molecule has 0 saturated carbocycles. The Morgan fingerprint density at radius 2 is 2.00 bits per heavy atom. The summed E-state index contributed by atoms with van der Waals surface area (Å²) in [5.74, 6) is 0.636. The summed E-state index contributed by atoms with van der Waals surface area (Å²) >= 11 is 0. The van der Waals surface area contributed by atoms with E-state index in [1.165, 1.54) is 17.7 Å². The molecule has 1 saturated heterocycles. The van der Waals surface area contributed by atoms with Crippen molar-refractivity contribution in [2.45, 2.75) is 19.8 Å². The van der Waals surface area contributed by atoms with Crippen LogP contribution in [-0.4, -0.2) is 38.5 Å². The van der Waals surface area contributed by atoms with Gasteiger partial charge in [-0.05, 0) is 37.0 Å². The van der Waals surface area contributed by atoms with Gasteiger partial charge >= 0.3 is 0 Å². The zero-order chi connectivity index (χ0) is 15.2. The van der Waals surface area contributed by atoms with E-state index in [-0.39, 0.29) is 11.8 Å². The van der Waals surface area contributed by atoms with Gasteiger partial charge in [0.15, 0.2) is 6.54 Å². The fraction of sp³-hybridized carbons (Fsp3) is 0.500. The maximum Gasteiger partial charge on any atom is 0.279 e. The molecule has 0 aromatic heterocycles. The summed E-state index contributed by atoms with van der Waals surface area (Å²) in [7, 11) is 1.59. The number of nitrogens with one attached hydrogen (secondary N) is 3. The molecule has 5 nitrogen and oxygen atoms in total. The molecule has 0 spiro atoms. The number of hydrogen-bond donors (Lipinski definition) is 3. The first-order valence-corrected chi connectivity index (χ1v) is 7.54. The second-order valence-corrected chi connectivity index (χ2v) is 5.82. The fourth-order valence-electron chi connectivity index (χ4n) is 2.66. The molecule has 1 aromatic rings. The van der Waals surface area contributed by atoms with Crippen LogP contribution in [0, 0.1) is 5.92 Å². The van der Waals surface area contributed by atoms with Crippen molar-refractivity contribution in [2.75, 3.05) is 32.0 Å². The molecule has 5 heteroatoms. The van der Waals surface area contributed by atoms with Crippen LogP contribution in [0.1, 0.15) is 30.1 Å². The van der Waals surface area contributed by atoms with Gasteiger partial charge in [0, 0.05) is 18.3 Å². The largest absolute Gasteiger partial charge is 0.355 e. The third-order valence-corrected chi connectivity index (χ3v) is 4.03. The number of benzene rings is 1. The lowest BCUT2D eigenvalue weighted by Gasteiger charge is -2.26. The molecule has 21 heavy (non-hydrogen) atoms. The number of amides is 2. The average Bonchev–Trinajstić information content (AvgIpc) is 2.49. The van der Waals surface area contributed by atoms with Crippen LogP contribution in [0.5, 0.6) is 0 Å². The van der Waals surface area contributed by atoms with Gasteiger partial charge in [-0.15, -0.1) is 0 Å². The average molecular weight is 290 g/mol. The van der Waals surface area contributed by atoms with Gasteiger partial charge in [0.1, 0.15) is 0 Å². The predicted molar refractivity (Wildman–Crippen MR) is 82.4 cm³/mol. The molecule has 0 unspecified atom stereocenters. The number of piperidine rings is 1. The summed E-state index contributed by atoms with van der Waals surface area (Å²) < 4.78 is 0. The molecule has 0 bridgehead atoms. The maximum absolute atomic E-state index is 12.1. The SMILES string of the molecule is CNC(=O)c1cccc(NC(=O)C[NH+]2CCC(C)CC2)c1. The van der Waals surface area contributed by atoms with Crippen LogP contribution in [0.4, 0.5) is 5.69 Å². The van der Waals surface area contributed by atoms with E-state index >= 15 is 0 Å². The first-order valence-electron chi connectivity index (χ1n) is 7.54. The fourth-order valence-corrected chi connectivity index (χ4v) is 2.66. The van der Waals surface area contributed by atoms with Crippen molar-refractivity contribution >= 4 is 17.5 Å². The predicted octanol–water partition coefficient (Wildman–Crippen LogP) is 0.300. The van der Waals surface area contributed by atoms with Crippen LogP contribution in [-0.2, 0) is 4.79 Å². The Labute approximate surface area is 125 Å². The topological polar surface area (TPSA) is 62.6 Å². The molecule has 0 aliphatic carbocycles. The molecule has 1 aliphatic rings. The molecule has 2 rings (SSSR count). The van der Waals surface area contributed by atoms with E-state index in [0.29, 0.717) is 17.8 Å². The monoisotopic (exact) mass is 290 g/mol. The van der Waals surface area contributed by atoms with Crippen molar-refractivity contribution in [3.8, 4) is 0 Å². The number of likely N-dealkylation sites (tertiary alicyclic amines) is 1. The Balaban J connectivity index is 1.89. The minimum absolute atomic E-state index is 0.00797. The Kier molecular flexibility index (Phi) is 5.33. The molecular formula is C16H24N3O2+. The molecule has 0 atom stereocenters. The lowest BCUT2D eigenvalue weighted by atomic mass is 9.99. The summed E-state index contributed by atoms with van der Waals surface area (Å²) in [6.45, 7) is 4.89. The molecule has 114 valence electrons. The zero-order valence-electron chi connectivity index (χ0n) is 12.7. The van der Waals surface area contributed by atoms with Crippen LogP contribution >= 0.6 is 0 Å². The highest BCUT2D eigenvalue weighted by Gasteiger charge is 2.21. The second-order valence-electron chi connectivity index (χ2n) is 5.82. The summed E-state index contributed by atoms with van der Waals surface area (Å²) in [5, 5.41) is 5.46. The zero-order valence-corrected chi connectivity index (χ0v) is 12.7. The van der Waals surface area contributed by atoms with Gasteiger partial charge in [-0.2, -0.15) is 0 Å². The highest BCUT2D eigenvalue weighted by Crippen LogP contribution is 2.10. The van der Waals surface area contributed by atoms with Crippen molar-refractivity contribution in [1.82, 2.24) is 5.32 Å². The van der Waals surface area contributed by atoms with Crippen molar-refractivity contribution in [3.05, 3.63) is 29.8 Å². The van der Waals surface area contributed by atoms with Crippen molar-refractivity contribution in [3.63, 3.8) is 0 Å². The summed E-state index contributed by atoms with van der Waals surface area (Å²) in [5.41, 5.74) is 1.22. The van der Waals surface area contributed by atoms with Crippen molar-refractivity contribution < 1.29 is 14.5 Å². The third-order valence-electron chi connectivity index (χ3n) is 4.03. The van der Waals surface area contributed by atoms with E-state index in [2.05, 4.69) is 17.6 Å². The molecule has 3 N–H and O–H groups in total. The number of hydrogen-bond acceptors (Lipinski definition) is 2. The van der Waals surface area contributed by atoms with Gasteiger partial charge in [-0.3, -0.25) is 9.59 Å². The standard InChI is InChI=1S/C16H23N3O2/c1-12-6-8-19(9-7-12)11-15(20)18-14-5-3-4-13(10-14)16(21)17-2/h3-5,10,12H,6-9,11H2,1-2H3,(H,17,21)(H,18,20)/p+1. The number of quaternary nitrogens is 1. The Morgan fingerprint density at radius 3 is 2.67 bits per heavy atom. The van der Waals surface area contributed by atoms with Crippen LogP contribution in [0.2, 0.25) is 0 Å². The number of carbonyl (C=O) groups excluding carboxylic acids is 2.